The second-order valence-electron chi connectivity index (χ2n) is 0.558. The lowest BCUT2D eigenvalue weighted by Crippen LogP contribution is -1.48. The van der Waals surface area contributed by atoms with E-state index in [-0.39, 0.29) is 0 Å². The van der Waals surface area contributed by atoms with Crippen LogP contribution in [-0.4, -0.2) is 10.2 Å². The molecule has 1 heteroatoms. The van der Waals surface area contributed by atoms with Crippen LogP contribution in [0.3, 0.4) is 0 Å². The molecule has 0 radical (unpaired) electrons. The van der Waals surface area contributed by atoms with Crippen molar-refractivity contribution in [2.75, 3.05) is 0 Å². The van der Waals surface area contributed by atoms with Crippen LogP contribution in [0.15, 0.2) is 0 Å². The SMILES string of the molecule is C#CC[SiH3]. The standard InChI is InChI=1S/C3H6Si/c1-2-3-4/h1H,3H2,4H3. The molecule has 0 saturated heterocycles. The maximum atomic E-state index is 4.81. The Bertz CT molecular complexity index is 33.0. The van der Waals surface area contributed by atoms with Crippen molar-refractivity contribution in [3.63, 3.8) is 0 Å². The first-order chi connectivity index (χ1) is 1.91. The molecule has 0 amide bonds. The molecule has 0 aromatic carbocycles. The molecule has 0 heterocycles. The molecule has 0 N–H and O–H groups in total. The van der Waals surface area contributed by atoms with Crippen LogP contribution in [0.1, 0.15) is 0 Å². The van der Waals surface area contributed by atoms with E-state index < -0.39 is 0 Å². The maximum Gasteiger partial charge on any atom is 0.0178 e. The molecule has 22 valence electrons. The Kier molecular flexibility index (Phi) is 2.62. The molecular formula is C3H6Si. The lowest BCUT2D eigenvalue weighted by molar-refractivity contribution is 1.89. The summed E-state index contributed by atoms with van der Waals surface area (Å²) >= 11 is 0. The largest absolute Gasteiger partial charge is 0.120 e. The summed E-state index contributed by atoms with van der Waals surface area (Å²) in [6.45, 7) is 0. The molecule has 0 aliphatic heterocycles. The molecule has 0 aliphatic rings. The summed E-state index contributed by atoms with van der Waals surface area (Å²) in [6, 6.07) is 0.986. The summed E-state index contributed by atoms with van der Waals surface area (Å²) < 4.78 is 0. The van der Waals surface area contributed by atoms with Crippen molar-refractivity contribution < 1.29 is 0 Å². The van der Waals surface area contributed by atoms with Gasteiger partial charge in [-0.1, -0.05) is 0 Å². The van der Waals surface area contributed by atoms with Gasteiger partial charge in [0.05, 0.1) is 0 Å². The summed E-state index contributed by atoms with van der Waals surface area (Å²) in [4.78, 5) is 0. The predicted molar refractivity (Wildman–Crippen MR) is 23.6 cm³/mol. The van der Waals surface area contributed by atoms with E-state index in [1.807, 2.05) is 0 Å². The third-order valence-electron chi connectivity index (χ3n) is 0.204. The highest BCUT2D eigenvalue weighted by molar-refractivity contribution is 6.10. The number of rotatable bonds is 0. The van der Waals surface area contributed by atoms with E-state index >= 15 is 0 Å². The van der Waals surface area contributed by atoms with E-state index in [0.29, 0.717) is 0 Å². The van der Waals surface area contributed by atoms with Gasteiger partial charge in [0.1, 0.15) is 0 Å². The van der Waals surface area contributed by atoms with Gasteiger partial charge in [-0.2, -0.15) is 0 Å². The normalized spacial score (nSPS) is 5.75. The van der Waals surface area contributed by atoms with Crippen molar-refractivity contribution in [3.8, 4) is 12.3 Å². The molecule has 0 nitrogen and oxygen atoms in total. The van der Waals surface area contributed by atoms with Gasteiger partial charge in [0.15, 0.2) is 0 Å². The highest BCUT2D eigenvalue weighted by atomic mass is 28.1. The van der Waals surface area contributed by atoms with E-state index in [1.165, 1.54) is 0 Å². The highest BCUT2D eigenvalue weighted by Crippen LogP contribution is 1.52. The van der Waals surface area contributed by atoms with Gasteiger partial charge >= 0.3 is 0 Å². The molecule has 0 aromatic heterocycles. The van der Waals surface area contributed by atoms with E-state index in [1.54, 1.807) is 0 Å². The predicted octanol–water partition coefficient (Wildman–Crippen LogP) is -0.597. The van der Waals surface area contributed by atoms with E-state index in [4.69, 9.17) is 6.42 Å². The number of hydrogen-bond donors (Lipinski definition) is 0. The van der Waals surface area contributed by atoms with Crippen molar-refractivity contribution in [1.29, 1.82) is 0 Å². The summed E-state index contributed by atoms with van der Waals surface area (Å²) in [7, 11) is 1.15. The number of terminal acetylenes is 1. The minimum atomic E-state index is 0.986. The van der Waals surface area contributed by atoms with Gasteiger partial charge in [-0.15, -0.1) is 12.3 Å². The minimum absolute atomic E-state index is 0.986. The second-order valence-corrected chi connectivity index (χ2v) is 1.26. The smallest absolute Gasteiger partial charge is 0.0178 e. The molecular weight excluding hydrogens is 64.1 g/mol. The second kappa shape index (κ2) is 2.78. The zero-order chi connectivity index (χ0) is 3.41. The Labute approximate surface area is 29.6 Å². The average molecular weight is 70.2 g/mol. The van der Waals surface area contributed by atoms with Gasteiger partial charge < -0.3 is 0 Å². The minimum Gasteiger partial charge on any atom is -0.120 e. The third-order valence-corrected chi connectivity index (χ3v) is 0.612. The van der Waals surface area contributed by atoms with E-state index in [9.17, 15) is 0 Å². The Morgan fingerprint density at radius 2 is 2.25 bits per heavy atom. The van der Waals surface area contributed by atoms with Crippen molar-refractivity contribution in [2.45, 2.75) is 6.04 Å². The fourth-order valence-electron chi connectivity index (χ4n) is 0. The van der Waals surface area contributed by atoms with Crippen LogP contribution in [-0.2, 0) is 0 Å². The Hall–Kier alpha value is -0.223. The zero-order valence-corrected chi connectivity index (χ0v) is 4.78. The van der Waals surface area contributed by atoms with E-state index in [0.717, 1.165) is 16.3 Å². The van der Waals surface area contributed by atoms with Gasteiger partial charge in [-0.05, 0) is 6.04 Å². The van der Waals surface area contributed by atoms with Crippen molar-refractivity contribution in [1.82, 2.24) is 0 Å². The van der Waals surface area contributed by atoms with Gasteiger partial charge in [0.2, 0.25) is 0 Å². The Morgan fingerprint density at radius 3 is 2.25 bits per heavy atom. The van der Waals surface area contributed by atoms with Crippen molar-refractivity contribution in [3.05, 3.63) is 0 Å². The van der Waals surface area contributed by atoms with E-state index in [2.05, 4.69) is 5.92 Å². The topological polar surface area (TPSA) is 0 Å². The Morgan fingerprint density at radius 1 is 2.00 bits per heavy atom. The molecule has 0 fully saturated rings. The average Bonchev–Trinajstić information content (AvgIpc) is 1.37. The fourth-order valence-corrected chi connectivity index (χ4v) is 0. The molecule has 0 aliphatic carbocycles. The molecule has 0 aromatic rings. The first-order valence-corrected chi connectivity index (χ1v) is 2.76. The summed E-state index contributed by atoms with van der Waals surface area (Å²) in [5, 5.41) is 0. The first kappa shape index (κ1) is 3.78. The van der Waals surface area contributed by atoms with Crippen LogP contribution < -0.4 is 0 Å². The lowest BCUT2D eigenvalue weighted by Gasteiger charge is -1.52. The highest BCUT2D eigenvalue weighted by Gasteiger charge is 1.44. The maximum absolute atomic E-state index is 4.81. The van der Waals surface area contributed by atoms with Crippen LogP contribution in [0.2, 0.25) is 6.04 Å². The van der Waals surface area contributed by atoms with Crippen LogP contribution in [0, 0.1) is 12.3 Å². The van der Waals surface area contributed by atoms with Crippen molar-refractivity contribution in [2.24, 2.45) is 0 Å². The van der Waals surface area contributed by atoms with Crippen LogP contribution in [0.25, 0.3) is 0 Å². The van der Waals surface area contributed by atoms with Gasteiger partial charge in [0.25, 0.3) is 0 Å². The molecule has 0 saturated carbocycles. The zero-order valence-electron chi connectivity index (χ0n) is 2.78. The quantitative estimate of drug-likeness (QED) is 0.264. The van der Waals surface area contributed by atoms with Gasteiger partial charge in [-0.3, -0.25) is 0 Å². The number of hydrogen-bond acceptors (Lipinski definition) is 0. The van der Waals surface area contributed by atoms with Gasteiger partial charge in [-0.25, -0.2) is 0 Å². The fraction of sp³-hybridized carbons (Fsp3) is 0.333. The van der Waals surface area contributed by atoms with Crippen LogP contribution in [0.4, 0.5) is 0 Å². The third kappa shape index (κ3) is 1.78. The molecule has 0 spiro atoms. The Balaban J connectivity index is 2.43. The van der Waals surface area contributed by atoms with Crippen molar-refractivity contribution >= 4 is 10.2 Å². The molecule has 4 heavy (non-hydrogen) atoms. The molecule has 0 rings (SSSR count). The lowest BCUT2D eigenvalue weighted by atomic mass is 10.8. The van der Waals surface area contributed by atoms with Crippen LogP contribution >= 0.6 is 0 Å². The monoisotopic (exact) mass is 70.0 g/mol. The van der Waals surface area contributed by atoms with Crippen LogP contribution in [0.5, 0.6) is 0 Å². The summed E-state index contributed by atoms with van der Waals surface area (Å²) in [5.41, 5.74) is 0. The molecule has 0 unspecified atom stereocenters. The molecule has 0 atom stereocenters. The summed E-state index contributed by atoms with van der Waals surface area (Å²) in [5.74, 6) is 2.49. The van der Waals surface area contributed by atoms with Gasteiger partial charge in [0, 0.05) is 10.2 Å². The summed E-state index contributed by atoms with van der Waals surface area (Å²) in [6.07, 6.45) is 4.81. The first-order valence-electron chi connectivity index (χ1n) is 1.35. The molecule has 0 bridgehead atoms.